The van der Waals surface area contributed by atoms with Gasteiger partial charge in [-0.05, 0) is 11.3 Å². The van der Waals surface area contributed by atoms with Crippen LogP contribution < -0.4 is 11.1 Å². The molecule has 5 heteroatoms. The smallest absolute Gasteiger partial charge is 0.237 e. The quantitative estimate of drug-likeness (QED) is 0.846. The third-order valence-corrected chi connectivity index (χ3v) is 3.34. The lowest BCUT2D eigenvalue weighted by atomic mass is 9.86. The molecule has 0 saturated carbocycles. The standard InChI is InChI=1S/C14H26N4O/c1-10(2)12(15)13(19)17-11(14(3,4)5)8-18-7-6-16-9-18/h6-7,9-12H,8,15H2,1-5H3,(H,17,19)/t11?,12-/m1/s1. The lowest BCUT2D eigenvalue weighted by Crippen LogP contribution is -2.53. The number of nitrogens with zero attached hydrogens (tertiary/aromatic N) is 2. The molecule has 0 radical (unpaired) electrons. The highest BCUT2D eigenvalue weighted by Gasteiger charge is 2.29. The Morgan fingerprint density at radius 3 is 2.47 bits per heavy atom. The molecule has 108 valence electrons. The lowest BCUT2D eigenvalue weighted by Gasteiger charge is -2.33. The zero-order valence-electron chi connectivity index (χ0n) is 12.6. The zero-order chi connectivity index (χ0) is 14.6. The summed E-state index contributed by atoms with van der Waals surface area (Å²) in [5.41, 5.74) is 5.85. The van der Waals surface area contributed by atoms with Gasteiger partial charge in [-0.2, -0.15) is 0 Å². The molecule has 0 aliphatic heterocycles. The number of imidazole rings is 1. The van der Waals surface area contributed by atoms with E-state index in [9.17, 15) is 4.79 Å². The van der Waals surface area contributed by atoms with Crippen molar-refractivity contribution in [1.82, 2.24) is 14.9 Å². The topological polar surface area (TPSA) is 72.9 Å². The molecule has 5 nitrogen and oxygen atoms in total. The van der Waals surface area contributed by atoms with E-state index in [4.69, 9.17) is 5.73 Å². The highest BCUT2D eigenvalue weighted by molar-refractivity contribution is 5.82. The van der Waals surface area contributed by atoms with Crippen molar-refractivity contribution >= 4 is 5.91 Å². The van der Waals surface area contributed by atoms with Crippen molar-refractivity contribution in [2.75, 3.05) is 0 Å². The van der Waals surface area contributed by atoms with Crippen molar-refractivity contribution in [1.29, 1.82) is 0 Å². The molecule has 1 unspecified atom stereocenters. The van der Waals surface area contributed by atoms with Crippen LogP contribution in [0.5, 0.6) is 0 Å². The second-order valence-electron chi connectivity index (χ2n) is 6.46. The Labute approximate surface area is 115 Å². The minimum atomic E-state index is -0.465. The molecule has 1 amide bonds. The van der Waals surface area contributed by atoms with E-state index < -0.39 is 6.04 Å². The number of nitrogens with two attached hydrogens (primary N) is 1. The van der Waals surface area contributed by atoms with E-state index >= 15 is 0 Å². The van der Waals surface area contributed by atoms with Crippen LogP contribution in [0.15, 0.2) is 18.7 Å². The summed E-state index contributed by atoms with van der Waals surface area (Å²) in [5.74, 6) is 0.0453. The third-order valence-electron chi connectivity index (χ3n) is 3.34. The highest BCUT2D eigenvalue weighted by Crippen LogP contribution is 2.21. The van der Waals surface area contributed by atoms with E-state index in [-0.39, 0.29) is 23.3 Å². The maximum Gasteiger partial charge on any atom is 0.237 e. The largest absolute Gasteiger partial charge is 0.350 e. The first-order valence-corrected chi connectivity index (χ1v) is 6.73. The molecule has 1 aromatic rings. The van der Waals surface area contributed by atoms with Gasteiger partial charge in [0, 0.05) is 18.9 Å². The van der Waals surface area contributed by atoms with Crippen LogP contribution in [-0.2, 0) is 11.3 Å². The Morgan fingerprint density at radius 2 is 2.05 bits per heavy atom. The van der Waals surface area contributed by atoms with E-state index in [0.717, 1.165) is 0 Å². The van der Waals surface area contributed by atoms with Gasteiger partial charge in [-0.1, -0.05) is 34.6 Å². The van der Waals surface area contributed by atoms with Gasteiger partial charge < -0.3 is 15.6 Å². The van der Waals surface area contributed by atoms with Crippen LogP contribution in [0.3, 0.4) is 0 Å². The molecule has 1 heterocycles. The van der Waals surface area contributed by atoms with Gasteiger partial charge in [-0.25, -0.2) is 4.98 Å². The van der Waals surface area contributed by atoms with Crippen LogP contribution in [-0.4, -0.2) is 27.5 Å². The predicted octanol–water partition coefficient (Wildman–Crippen LogP) is 1.40. The summed E-state index contributed by atoms with van der Waals surface area (Å²) in [6, 6.07) is -0.452. The van der Waals surface area contributed by atoms with Crippen LogP contribution >= 0.6 is 0 Å². The number of amides is 1. The van der Waals surface area contributed by atoms with Crippen molar-refractivity contribution in [3.8, 4) is 0 Å². The van der Waals surface area contributed by atoms with E-state index in [1.165, 1.54) is 0 Å². The minimum Gasteiger partial charge on any atom is -0.350 e. The van der Waals surface area contributed by atoms with Crippen molar-refractivity contribution in [2.24, 2.45) is 17.1 Å². The van der Waals surface area contributed by atoms with Crippen molar-refractivity contribution < 1.29 is 4.79 Å². The van der Waals surface area contributed by atoms with Gasteiger partial charge in [0.05, 0.1) is 18.4 Å². The third kappa shape index (κ3) is 4.67. The molecule has 0 aliphatic rings. The van der Waals surface area contributed by atoms with Gasteiger partial charge in [-0.15, -0.1) is 0 Å². The fourth-order valence-corrected chi connectivity index (χ4v) is 1.71. The number of nitrogens with one attached hydrogen (secondary N) is 1. The van der Waals surface area contributed by atoms with Crippen molar-refractivity contribution in [2.45, 2.75) is 53.2 Å². The van der Waals surface area contributed by atoms with Crippen LogP contribution in [0.4, 0.5) is 0 Å². The van der Waals surface area contributed by atoms with Crippen molar-refractivity contribution in [3.63, 3.8) is 0 Å². The Morgan fingerprint density at radius 1 is 1.42 bits per heavy atom. The number of rotatable bonds is 5. The van der Waals surface area contributed by atoms with Gasteiger partial charge in [0.2, 0.25) is 5.91 Å². The summed E-state index contributed by atoms with van der Waals surface area (Å²) in [4.78, 5) is 16.1. The van der Waals surface area contributed by atoms with Crippen LogP contribution in [0.25, 0.3) is 0 Å². The average Bonchev–Trinajstić information content (AvgIpc) is 2.78. The lowest BCUT2D eigenvalue weighted by molar-refractivity contribution is -0.124. The van der Waals surface area contributed by atoms with E-state index in [0.29, 0.717) is 6.54 Å². The second-order valence-corrected chi connectivity index (χ2v) is 6.46. The monoisotopic (exact) mass is 266 g/mol. The molecule has 0 fully saturated rings. The summed E-state index contributed by atoms with van der Waals surface area (Å²) in [7, 11) is 0. The second kappa shape index (κ2) is 6.19. The molecular weight excluding hydrogens is 240 g/mol. The number of hydrogen-bond acceptors (Lipinski definition) is 3. The van der Waals surface area contributed by atoms with Crippen molar-refractivity contribution in [3.05, 3.63) is 18.7 Å². The van der Waals surface area contributed by atoms with Gasteiger partial charge >= 0.3 is 0 Å². The molecule has 1 aromatic heterocycles. The molecule has 0 spiro atoms. The van der Waals surface area contributed by atoms with E-state index in [1.807, 2.05) is 24.6 Å². The van der Waals surface area contributed by atoms with E-state index in [1.54, 1.807) is 12.5 Å². The fourth-order valence-electron chi connectivity index (χ4n) is 1.71. The molecule has 0 saturated heterocycles. The maximum absolute atomic E-state index is 12.1. The summed E-state index contributed by atoms with van der Waals surface area (Å²) >= 11 is 0. The average molecular weight is 266 g/mol. The van der Waals surface area contributed by atoms with E-state index in [2.05, 4.69) is 31.1 Å². The Balaban J connectivity index is 2.73. The first kappa shape index (κ1) is 15.7. The maximum atomic E-state index is 12.1. The number of carbonyl (C=O) groups is 1. The Kier molecular flexibility index (Phi) is 5.11. The number of carbonyl (C=O) groups excluding carboxylic acids is 1. The number of aromatic nitrogens is 2. The zero-order valence-corrected chi connectivity index (χ0v) is 12.6. The molecular formula is C14H26N4O. The molecule has 0 aromatic carbocycles. The summed E-state index contributed by atoms with van der Waals surface area (Å²) in [6.45, 7) is 10.9. The Hall–Kier alpha value is -1.36. The first-order valence-electron chi connectivity index (χ1n) is 6.73. The molecule has 1 rings (SSSR count). The van der Waals surface area contributed by atoms with Crippen LogP contribution in [0.2, 0.25) is 0 Å². The van der Waals surface area contributed by atoms with Gasteiger partial charge in [0.15, 0.2) is 0 Å². The summed E-state index contributed by atoms with van der Waals surface area (Å²) < 4.78 is 1.97. The highest BCUT2D eigenvalue weighted by atomic mass is 16.2. The predicted molar refractivity (Wildman–Crippen MR) is 76.4 cm³/mol. The molecule has 19 heavy (non-hydrogen) atoms. The normalized spacial score (nSPS) is 15.3. The molecule has 2 atom stereocenters. The van der Waals surface area contributed by atoms with Gasteiger partial charge in [0.1, 0.15) is 0 Å². The first-order chi connectivity index (χ1) is 8.71. The number of hydrogen-bond donors (Lipinski definition) is 2. The minimum absolute atomic E-state index is 0.0130. The molecule has 0 bridgehead atoms. The van der Waals surface area contributed by atoms with Crippen LogP contribution in [0, 0.1) is 11.3 Å². The summed E-state index contributed by atoms with van der Waals surface area (Å²) in [5, 5.41) is 3.06. The molecule has 0 aliphatic carbocycles. The van der Waals surface area contributed by atoms with Crippen LogP contribution in [0.1, 0.15) is 34.6 Å². The Bertz CT molecular complexity index is 392. The summed E-state index contributed by atoms with van der Waals surface area (Å²) in [6.07, 6.45) is 5.39. The fraction of sp³-hybridized carbons (Fsp3) is 0.714. The van der Waals surface area contributed by atoms with Gasteiger partial charge in [0.25, 0.3) is 0 Å². The SMILES string of the molecule is CC(C)[C@@H](N)C(=O)NC(Cn1ccnc1)C(C)(C)C. The molecule has 3 N–H and O–H groups in total. The van der Waals surface area contributed by atoms with Gasteiger partial charge in [-0.3, -0.25) is 4.79 Å².